The third kappa shape index (κ3) is 5.47. The molecule has 0 saturated heterocycles. The van der Waals surface area contributed by atoms with Crippen molar-refractivity contribution in [2.24, 2.45) is 10.2 Å². The Labute approximate surface area is 222 Å². The van der Waals surface area contributed by atoms with E-state index in [2.05, 4.69) is 15.5 Å². The molecule has 3 aromatic carbocycles. The van der Waals surface area contributed by atoms with Crippen LogP contribution in [0.2, 0.25) is 5.02 Å². The number of phenols is 1. The van der Waals surface area contributed by atoms with E-state index in [1.165, 1.54) is 30.7 Å². The minimum atomic E-state index is -0.445. The molecule has 1 amide bonds. The molecule has 8 nitrogen and oxygen atoms in total. The van der Waals surface area contributed by atoms with E-state index in [4.69, 9.17) is 21.4 Å². The molecule has 1 aliphatic heterocycles. The van der Waals surface area contributed by atoms with Gasteiger partial charge in [0, 0.05) is 16.8 Å². The quantitative estimate of drug-likeness (QED) is 0.238. The summed E-state index contributed by atoms with van der Waals surface area (Å²) >= 11 is 7.45. The number of methoxy groups -OCH3 is 1. The second kappa shape index (κ2) is 10.8. The molecule has 2 heterocycles. The van der Waals surface area contributed by atoms with Crippen LogP contribution in [0.1, 0.15) is 39.6 Å². The normalized spacial score (nSPS) is 15.1. The van der Waals surface area contributed by atoms with Gasteiger partial charge in [-0.05, 0) is 47.0 Å². The largest absolute Gasteiger partial charge is 0.504 e. The highest BCUT2D eigenvalue weighted by Gasteiger charge is 2.32. The van der Waals surface area contributed by atoms with Crippen LogP contribution in [-0.2, 0) is 0 Å². The lowest BCUT2D eigenvalue weighted by Crippen LogP contribution is -2.20. The molecule has 0 radical (unpaired) electrons. The molecule has 1 aliphatic rings. The van der Waals surface area contributed by atoms with Gasteiger partial charge in [0.25, 0.3) is 5.91 Å². The Kier molecular flexibility index (Phi) is 7.16. The van der Waals surface area contributed by atoms with E-state index in [0.717, 1.165) is 16.8 Å². The summed E-state index contributed by atoms with van der Waals surface area (Å²) in [6.45, 7) is 0. The van der Waals surface area contributed by atoms with E-state index in [1.54, 1.807) is 17.5 Å². The number of ether oxygens (including phenoxy) is 1. The number of nitrogens with one attached hydrogen (secondary N) is 1. The SMILES string of the molecule is COc1cc(/C=N/NC(=O)c2csc(N3N=C(c4ccccc4)CC3c3ccc(Cl)cc3)n2)ccc1O. The Morgan fingerprint density at radius 3 is 2.73 bits per heavy atom. The Balaban J connectivity index is 1.35. The first-order chi connectivity index (χ1) is 18.0. The second-order valence-electron chi connectivity index (χ2n) is 8.17. The molecule has 1 unspecified atom stereocenters. The van der Waals surface area contributed by atoms with Crippen molar-refractivity contribution in [2.75, 3.05) is 12.1 Å². The maximum Gasteiger partial charge on any atom is 0.290 e. The number of anilines is 1. The van der Waals surface area contributed by atoms with Crippen molar-refractivity contribution in [3.63, 3.8) is 0 Å². The second-order valence-corrected chi connectivity index (χ2v) is 9.45. The van der Waals surface area contributed by atoms with Gasteiger partial charge < -0.3 is 9.84 Å². The van der Waals surface area contributed by atoms with Gasteiger partial charge in [0.1, 0.15) is 5.69 Å². The number of aromatic hydroxyl groups is 1. The van der Waals surface area contributed by atoms with Gasteiger partial charge in [-0.2, -0.15) is 10.2 Å². The molecule has 4 aromatic rings. The lowest BCUT2D eigenvalue weighted by molar-refractivity contribution is 0.0951. The molecule has 186 valence electrons. The summed E-state index contributed by atoms with van der Waals surface area (Å²) in [4.78, 5) is 17.3. The van der Waals surface area contributed by atoms with Gasteiger partial charge in [-0.15, -0.1) is 11.3 Å². The van der Waals surface area contributed by atoms with E-state index in [9.17, 15) is 9.90 Å². The maximum absolute atomic E-state index is 12.7. The Morgan fingerprint density at radius 1 is 1.19 bits per heavy atom. The van der Waals surface area contributed by atoms with Crippen molar-refractivity contribution in [2.45, 2.75) is 12.5 Å². The first-order valence-electron chi connectivity index (χ1n) is 11.4. The average Bonchev–Trinajstić information content (AvgIpc) is 3.59. The number of benzene rings is 3. The average molecular weight is 532 g/mol. The lowest BCUT2D eigenvalue weighted by atomic mass is 9.99. The molecule has 0 spiro atoms. The molecule has 1 atom stereocenters. The van der Waals surface area contributed by atoms with Crippen molar-refractivity contribution < 1.29 is 14.6 Å². The van der Waals surface area contributed by atoms with Crippen LogP contribution < -0.4 is 15.2 Å². The molecule has 0 fully saturated rings. The zero-order chi connectivity index (χ0) is 25.8. The number of rotatable bonds is 7. The third-order valence-electron chi connectivity index (χ3n) is 5.78. The van der Waals surface area contributed by atoms with Crippen LogP contribution in [-0.4, -0.2) is 35.0 Å². The summed E-state index contributed by atoms with van der Waals surface area (Å²) in [6, 6.07) is 22.4. The molecular formula is C27H22ClN5O3S. The number of phenolic OH excluding ortho intramolecular Hbond substituents is 1. The predicted octanol–water partition coefficient (Wildman–Crippen LogP) is 5.63. The van der Waals surface area contributed by atoms with Crippen LogP contribution in [0.15, 0.2) is 88.4 Å². The number of hydrazone groups is 2. The van der Waals surface area contributed by atoms with Gasteiger partial charge >= 0.3 is 0 Å². The van der Waals surface area contributed by atoms with Crippen molar-refractivity contribution in [1.29, 1.82) is 0 Å². The molecule has 5 rings (SSSR count). The van der Waals surface area contributed by atoms with Gasteiger partial charge in [0.2, 0.25) is 5.13 Å². The number of carbonyl (C=O) groups excluding carboxylic acids is 1. The summed E-state index contributed by atoms with van der Waals surface area (Å²) in [5, 5.41) is 23.4. The number of amides is 1. The molecule has 0 bridgehead atoms. The van der Waals surface area contributed by atoms with E-state index in [1.807, 2.05) is 59.6 Å². The minimum absolute atomic E-state index is 0.0237. The van der Waals surface area contributed by atoms with Crippen molar-refractivity contribution in [3.8, 4) is 11.5 Å². The fourth-order valence-corrected chi connectivity index (χ4v) is 4.84. The zero-order valence-electron chi connectivity index (χ0n) is 19.7. The molecule has 0 aliphatic carbocycles. The highest BCUT2D eigenvalue weighted by atomic mass is 35.5. The van der Waals surface area contributed by atoms with Crippen molar-refractivity contribution in [1.82, 2.24) is 10.4 Å². The molecule has 37 heavy (non-hydrogen) atoms. The first kappa shape index (κ1) is 24.5. The number of nitrogens with zero attached hydrogens (tertiary/aromatic N) is 4. The van der Waals surface area contributed by atoms with Gasteiger partial charge in [0.05, 0.1) is 25.1 Å². The first-order valence-corrected chi connectivity index (χ1v) is 12.6. The van der Waals surface area contributed by atoms with E-state index in [0.29, 0.717) is 27.9 Å². The summed E-state index contributed by atoms with van der Waals surface area (Å²) in [5.74, 6) is -0.106. The van der Waals surface area contributed by atoms with Crippen LogP contribution in [0.25, 0.3) is 0 Å². The number of hydrogen-bond donors (Lipinski definition) is 2. The van der Waals surface area contributed by atoms with E-state index in [-0.39, 0.29) is 17.5 Å². The molecule has 0 saturated carbocycles. The van der Waals surface area contributed by atoms with E-state index < -0.39 is 5.91 Å². The number of carbonyl (C=O) groups is 1. The smallest absolute Gasteiger partial charge is 0.290 e. The monoisotopic (exact) mass is 531 g/mol. The topological polar surface area (TPSA) is 99.4 Å². The highest BCUT2D eigenvalue weighted by molar-refractivity contribution is 7.14. The van der Waals surface area contributed by atoms with Crippen molar-refractivity contribution >= 4 is 45.9 Å². The molecular weight excluding hydrogens is 510 g/mol. The standard InChI is InChI=1S/C27H22ClN5O3S/c1-36-25-13-17(7-12-24(25)34)15-29-31-26(35)22-16-37-27(30-22)33-23(19-8-10-20(28)11-9-19)14-21(32-33)18-5-3-2-4-6-18/h2-13,15-16,23,34H,14H2,1H3,(H,31,35)/b29-15+. The minimum Gasteiger partial charge on any atom is -0.504 e. The fraction of sp³-hybridized carbons (Fsp3) is 0.111. The number of aromatic nitrogens is 1. The van der Waals surface area contributed by atoms with Crippen LogP contribution in [0.4, 0.5) is 5.13 Å². The molecule has 1 aromatic heterocycles. The Morgan fingerprint density at radius 2 is 1.97 bits per heavy atom. The summed E-state index contributed by atoms with van der Waals surface area (Å²) in [7, 11) is 1.46. The predicted molar refractivity (Wildman–Crippen MR) is 146 cm³/mol. The molecule has 2 N–H and O–H groups in total. The Hall–Kier alpha value is -4.21. The zero-order valence-corrected chi connectivity index (χ0v) is 21.3. The summed E-state index contributed by atoms with van der Waals surface area (Å²) < 4.78 is 5.09. The van der Waals surface area contributed by atoms with Crippen molar-refractivity contribution in [3.05, 3.63) is 106 Å². The van der Waals surface area contributed by atoms with Crippen LogP contribution in [0.3, 0.4) is 0 Å². The van der Waals surface area contributed by atoms with E-state index >= 15 is 0 Å². The number of thiazole rings is 1. The van der Waals surface area contributed by atoms with Crippen LogP contribution >= 0.6 is 22.9 Å². The van der Waals surface area contributed by atoms with Crippen LogP contribution in [0.5, 0.6) is 11.5 Å². The number of hydrogen-bond acceptors (Lipinski definition) is 8. The summed E-state index contributed by atoms with van der Waals surface area (Å²) in [6.07, 6.45) is 2.15. The van der Waals surface area contributed by atoms with Gasteiger partial charge in [-0.3, -0.25) is 4.79 Å². The van der Waals surface area contributed by atoms with Gasteiger partial charge in [-0.1, -0.05) is 54.1 Å². The van der Waals surface area contributed by atoms with Crippen LogP contribution in [0, 0.1) is 0 Å². The van der Waals surface area contributed by atoms with Gasteiger partial charge in [-0.25, -0.2) is 15.4 Å². The fourth-order valence-electron chi connectivity index (χ4n) is 3.91. The maximum atomic E-state index is 12.7. The molecule has 10 heteroatoms. The Bertz CT molecular complexity index is 1470. The van der Waals surface area contributed by atoms with Gasteiger partial charge in [0.15, 0.2) is 11.5 Å². The summed E-state index contributed by atoms with van der Waals surface area (Å²) in [5.41, 5.74) is 6.41. The third-order valence-corrected chi connectivity index (χ3v) is 6.86. The number of halogens is 1. The lowest BCUT2D eigenvalue weighted by Gasteiger charge is -2.21. The highest BCUT2D eigenvalue weighted by Crippen LogP contribution is 2.38.